The molecule has 0 aromatic heterocycles. The lowest BCUT2D eigenvalue weighted by Crippen LogP contribution is -2.62. The number of likely N-dealkylation sites (tertiary alicyclic amines) is 1. The normalized spacial score (nSPS) is 34.6. The standard InChI is InChI=1S/C12H20N2O2/c1-11(16)7-14(8-11)10(15)9-6-12(9)2-4-13-5-3-12/h9,13,16H,2-8H2,1H3. The van der Waals surface area contributed by atoms with Gasteiger partial charge in [0.05, 0.1) is 18.7 Å². The van der Waals surface area contributed by atoms with Crippen molar-refractivity contribution in [1.82, 2.24) is 10.2 Å². The van der Waals surface area contributed by atoms with E-state index in [-0.39, 0.29) is 11.8 Å². The lowest BCUT2D eigenvalue weighted by molar-refractivity contribution is -0.154. The van der Waals surface area contributed by atoms with Gasteiger partial charge in [-0.15, -0.1) is 0 Å². The van der Waals surface area contributed by atoms with Crippen LogP contribution in [0.25, 0.3) is 0 Å². The van der Waals surface area contributed by atoms with E-state index in [9.17, 15) is 9.90 Å². The monoisotopic (exact) mass is 224 g/mol. The number of nitrogens with zero attached hydrogens (tertiary/aromatic N) is 1. The molecule has 3 fully saturated rings. The van der Waals surface area contributed by atoms with Gasteiger partial charge < -0.3 is 15.3 Å². The number of carbonyl (C=O) groups is 1. The van der Waals surface area contributed by atoms with Crippen molar-refractivity contribution in [3.63, 3.8) is 0 Å². The fourth-order valence-corrected chi connectivity index (χ4v) is 3.33. The summed E-state index contributed by atoms with van der Waals surface area (Å²) in [6.07, 6.45) is 3.37. The quantitative estimate of drug-likeness (QED) is 0.657. The number of nitrogens with one attached hydrogen (secondary N) is 1. The average Bonchev–Trinajstić information content (AvgIpc) is 2.88. The van der Waals surface area contributed by atoms with Crippen LogP contribution in [0.15, 0.2) is 0 Å². The molecule has 0 bridgehead atoms. The number of aliphatic hydroxyl groups is 1. The number of β-amino-alcohol motifs (C(OH)–C–C–N with tert-alkyl or cyclic N) is 1. The third kappa shape index (κ3) is 1.55. The molecule has 2 aliphatic heterocycles. The third-order valence-corrected chi connectivity index (χ3v) is 4.46. The Morgan fingerprint density at radius 2 is 2.00 bits per heavy atom. The Hall–Kier alpha value is -0.610. The molecule has 1 atom stereocenters. The molecule has 0 radical (unpaired) electrons. The molecule has 0 aromatic rings. The number of rotatable bonds is 1. The van der Waals surface area contributed by atoms with Gasteiger partial charge in [0.25, 0.3) is 0 Å². The predicted molar refractivity (Wildman–Crippen MR) is 59.8 cm³/mol. The summed E-state index contributed by atoms with van der Waals surface area (Å²) in [5.41, 5.74) is -0.310. The number of hydrogen-bond acceptors (Lipinski definition) is 3. The molecule has 1 saturated carbocycles. The molecule has 3 aliphatic rings. The first-order valence-corrected chi connectivity index (χ1v) is 6.24. The number of carbonyl (C=O) groups excluding carboxylic acids is 1. The molecule has 4 heteroatoms. The van der Waals surface area contributed by atoms with Crippen molar-refractivity contribution in [1.29, 1.82) is 0 Å². The SMILES string of the molecule is CC1(O)CN(C(=O)C2CC23CCNCC3)C1. The van der Waals surface area contributed by atoms with E-state index in [1.54, 1.807) is 6.92 Å². The maximum atomic E-state index is 12.1. The van der Waals surface area contributed by atoms with E-state index in [0.29, 0.717) is 18.5 Å². The average molecular weight is 224 g/mol. The fraction of sp³-hybridized carbons (Fsp3) is 0.917. The molecular weight excluding hydrogens is 204 g/mol. The van der Waals surface area contributed by atoms with Gasteiger partial charge in [0.2, 0.25) is 5.91 Å². The summed E-state index contributed by atoms with van der Waals surface area (Å²) in [7, 11) is 0. The van der Waals surface area contributed by atoms with Crippen molar-refractivity contribution in [2.75, 3.05) is 26.2 Å². The van der Waals surface area contributed by atoms with Crippen LogP contribution in [0.5, 0.6) is 0 Å². The van der Waals surface area contributed by atoms with Crippen molar-refractivity contribution in [3.8, 4) is 0 Å². The largest absolute Gasteiger partial charge is 0.386 e. The first-order valence-electron chi connectivity index (χ1n) is 6.24. The minimum atomic E-state index is -0.633. The molecule has 1 spiro atoms. The molecule has 2 N–H and O–H groups in total. The van der Waals surface area contributed by atoms with E-state index in [1.165, 1.54) is 0 Å². The Balaban J connectivity index is 1.58. The van der Waals surface area contributed by atoms with E-state index in [1.807, 2.05) is 4.90 Å². The van der Waals surface area contributed by atoms with Crippen LogP contribution in [0.2, 0.25) is 0 Å². The summed E-state index contributed by atoms with van der Waals surface area (Å²) in [6.45, 7) is 4.96. The minimum absolute atomic E-state index is 0.255. The topological polar surface area (TPSA) is 52.6 Å². The maximum absolute atomic E-state index is 12.1. The molecule has 3 rings (SSSR count). The van der Waals surface area contributed by atoms with Crippen LogP contribution in [-0.2, 0) is 4.79 Å². The lowest BCUT2D eigenvalue weighted by Gasteiger charge is -2.44. The molecule has 1 unspecified atom stereocenters. The number of piperidine rings is 1. The van der Waals surface area contributed by atoms with Crippen molar-refractivity contribution in [3.05, 3.63) is 0 Å². The highest BCUT2D eigenvalue weighted by molar-refractivity contribution is 5.83. The van der Waals surface area contributed by atoms with Crippen LogP contribution >= 0.6 is 0 Å². The van der Waals surface area contributed by atoms with Crippen molar-refractivity contribution in [2.45, 2.75) is 31.8 Å². The van der Waals surface area contributed by atoms with E-state index < -0.39 is 5.60 Å². The zero-order valence-electron chi connectivity index (χ0n) is 9.83. The van der Waals surface area contributed by atoms with Crippen molar-refractivity contribution >= 4 is 5.91 Å². The minimum Gasteiger partial charge on any atom is -0.386 e. The van der Waals surface area contributed by atoms with E-state index >= 15 is 0 Å². The Labute approximate surface area is 96.0 Å². The number of amides is 1. The lowest BCUT2D eigenvalue weighted by atomic mass is 9.90. The van der Waals surface area contributed by atoms with Crippen LogP contribution in [0, 0.1) is 11.3 Å². The second-order valence-electron chi connectivity index (χ2n) is 6.06. The van der Waals surface area contributed by atoms with Gasteiger partial charge >= 0.3 is 0 Å². The van der Waals surface area contributed by atoms with Gasteiger partial charge in [0, 0.05) is 5.92 Å². The Kier molecular flexibility index (Phi) is 2.11. The second kappa shape index (κ2) is 3.20. The summed E-state index contributed by atoms with van der Waals surface area (Å²) >= 11 is 0. The first-order chi connectivity index (χ1) is 7.53. The molecular formula is C12H20N2O2. The summed E-state index contributed by atoms with van der Waals surface area (Å²) in [5, 5.41) is 13.0. The van der Waals surface area contributed by atoms with Crippen LogP contribution in [0.1, 0.15) is 26.2 Å². The van der Waals surface area contributed by atoms with Gasteiger partial charge in [-0.25, -0.2) is 0 Å². The molecule has 4 nitrogen and oxygen atoms in total. The van der Waals surface area contributed by atoms with Crippen LogP contribution in [0.3, 0.4) is 0 Å². The van der Waals surface area contributed by atoms with E-state index in [2.05, 4.69) is 5.32 Å². The summed E-state index contributed by atoms with van der Waals surface area (Å²) < 4.78 is 0. The summed E-state index contributed by atoms with van der Waals surface area (Å²) in [5.74, 6) is 0.541. The highest BCUT2D eigenvalue weighted by Crippen LogP contribution is 2.59. The smallest absolute Gasteiger partial charge is 0.226 e. The Bertz CT molecular complexity index is 313. The van der Waals surface area contributed by atoms with Crippen LogP contribution in [0.4, 0.5) is 0 Å². The zero-order chi connectivity index (χ0) is 11.4. The van der Waals surface area contributed by atoms with Gasteiger partial charge in [-0.2, -0.15) is 0 Å². The van der Waals surface area contributed by atoms with Crippen molar-refractivity contribution in [2.24, 2.45) is 11.3 Å². The fourth-order valence-electron chi connectivity index (χ4n) is 3.33. The van der Waals surface area contributed by atoms with Gasteiger partial charge in [-0.05, 0) is 44.7 Å². The Morgan fingerprint density at radius 3 is 2.56 bits per heavy atom. The third-order valence-electron chi connectivity index (χ3n) is 4.46. The Morgan fingerprint density at radius 1 is 1.38 bits per heavy atom. The molecule has 0 aromatic carbocycles. The van der Waals surface area contributed by atoms with Gasteiger partial charge in [-0.3, -0.25) is 4.79 Å². The molecule has 2 heterocycles. The van der Waals surface area contributed by atoms with E-state index in [4.69, 9.17) is 0 Å². The first kappa shape index (κ1) is 10.5. The molecule has 90 valence electrons. The summed E-state index contributed by atoms with van der Waals surface area (Å²) in [6, 6.07) is 0. The molecule has 16 heavy (non-hydrogen) atoms. The van der Waals surface area contributed by atoms with Crippen LogP contribution in [-0.4, -0.2) is 47.7 Å². The highest BCUT2D eigenvalue weighted by Gasteiger charge is 2.60. The number of hydrogen-bond donors (Lipinski definition) is 2. The maximum Gasteiger partial charge on any atom is 0.226 e. The van der Waals surface area contributed by atoms with E-state index in [0.717, 1.165) is 32.4 Å². The van der Waals surface area contributed by atoms with Gasteiger partial charge in [0.15, 0.2) is 0 Å². The molecule has 1 aliphatic carbocycles. The molecule has 2 saturated heterocycles. The van der Waals surface area contributed by atoms with Crippen molar-refractivity contribution < 1.29 is 9.90 Å². The second-order valence-corrected chi connectivity index (χ2v) is 6.06. The van der Waals surface area contributed by atoms with Gasteiger partial charge in [-0.1, -0.05) is 0 Å². The van der Waals surface area contributed by atoms with Crippen LogP contribution < -0.4 is 5.32 Å². The molecule has 1 amide bonds. The zero-order valence-corrected chi connectivity index (χ0v) is 9.83. The predicted octanol–water partition coefficient (Wildman–Crippen LogP) is -0.0307. The highest BCUT2D eigenvalue weighted by atomic mass is 16.3. The summed E-state index contributed by atoms with van der Waals surface area (Å²) in [4.78, 5) is 14.0. The van der Waals surface area contributed by atoms with Gasteiger partial charge in [0.1, 0.15) is 0 Å².